The summed E-state index contributed by atoms with van der Waals surface area (Å²) >= 11 is 1.45. The third-order valence-electron chi connectivity index (χ3n) is 4.54. The first-order chi connectivity index (χ1) is 14.5. The standard InChI is InChI=1S/C20H14F2N6OS/c21-17(22)19-27-26-18(29-19)12-3-1-11(2-4-12)9-28-10-14(8-24-28)13-5-6-15-16(7-13)30-20(23)25-15/h1-8,10,17H,9H2,(H2,23,25). The molecule has 0 unspecified atom stereocenters. The minimum atomic E-state index is -2.78. The topological polar surface area (TPSA) is 95.7 Å². The number of anilines is 1. The molecule has 2 aromatic carbocycles. The second kappa shape index (κ2) is 7.30. The number of nitrogen functional groups attached to an aromatic ring is 1. The Kier molecular flexibility index (Phi) is 4.47. The Hall–Kier alpha value is -3.66. The molecular weight excluding hydrogens is 410 g/mol. The van der Waals surface area contributed by atoms with Gasteiger partial charge in [-0.15, -0.1) is 10.2 Å². The largest absolute Gasteiger partial charge is 0.415 e. The van der Waals surface area contributed by atoms with Gasteiger partial charge in [0.25, 0.3) is 5.89 Å². The number of aromatic nitrogens is 5. The molecule has 7 nitrogen and oxygen atoms in total. The highest BCUT2D eigenvalue weighted by Crippen LogP contribution is 2.29. The predicted molar refractivity (Wildman–Crippen MR) is 109 cm³/mol. The fraction of sp³-hybridized carbons (Fsp3) is 0.100. The first-order valence-corrected chi connectivity index (χ1v) is 9.76. The number of alkyl halides is 2. The van der Waals surface area contributed by atoms with Crippen molar-refractivity contribution in [2.24, 2.45) is 0 Å². The Balaban J connectivity index is 1.33. The Morgan fingerprint density at radius 1 is 1.03 bits per heavy atom. The lowest BCUT2D eigenvalue weighted by Gasteiger charge is -2.03. The van der Waals surface area contributed by atoms with E-state index in [1.807, 2.05) is 41.3 Å². The molecule has 0 saturated heterocycles. The van der Waals surface area contributed by atoms with Crippen molar-refractivity contribution in [2.75, 3.05) is 5.73 Å². The van der Waals surface area contributed by atoms with Gasteiger partial charge in [0, 0.05) is 17.3 Å². The maximum absolute atomic E-state index is 12.6. The van der Waals surface area contributed by atoms with Gasteiger partial charge < -0.3 is 10.2 Å². The second-order valence-corrected chi connectivity index (χ2v) is 7.67. The molecule has 30 heavy (non-hydrogen) atoms. The van der Waals surface area contributed by atoms with Gasteiger partial charge in [-0.1, -0.05) is 29.5 Å². The lowest BCUT2D eigenvalue weighted by atomic mass is 10.1. The van der Waals surface area contributed by atoms with Crippen LogP contribution in [0.25, 0.3) is 32.8 Å². The maximum Gasteiger partial charge on any atom is 0.314 e. The van der Waals surface area contributed by atoms with Crippen LogP contribution in [0.15, 0.2) is 59.3 Å². The SMILES string of the molecule is Nc1nc2ccc(-c3cnn(Cc4ccc(-c5nnc(C(F)F)o5)cc4)c3)cc2s1. The minimum absolute atomic E-state index is 0.0670. The van der Waals surface area contributed by atoms with Crippen LogP contribution in [0.2, 0.25) is 0 Å². The number of hydrogen-bond donors (Lipinski definition) is 1. The highest BCUT2D eigenvalue weighted by atomic mass is 32.1. The fourth-order valence-corrected chi connectivity index (χ4v) is 3.87. The lowest BCUT2D eigenvalue weighted by molar-refractivity contribution is 0.116. The zero-order valence-corrected chi connectivity index (χ0v) is 16.2. The summed E-state index contributed by atoms with van der Waals surface area (Å²) in [5.74, 6) is -0.616. The molecule has 3 aromatic heterocycles. The Morgan fingerprint density at radius 2 is 1.83 bits per heavy atom. The molecular formula is C20H14F2N6OS. The number of fused-ring (bicyclic) bond motifs is 1. The molecule has 2 N–H and O–H groups in total. The molecule has 0 atom stereocenters. The number of benzene rings is 2. The van der Waals surface area contributed by atoms with Crippen molar-refractivity contribution in [3.8, 4) is 22.6 Å². The first-order valence-electron chi connectivity index (χ1n) is 8.95. The van der Waals surface area contributed by atoms with Gasteiger partial charge in [0.05, 0.1) is 23.0 Å². The zero-order chi connectivity index (χ0) is 20.7. The maximum atomic E-state index is 12.6. The minimum Gasteiger partial charge on any atom is -0.415 e. The van der Waals surface area contributed by atoms with Crippen LogP contribution in [0.1, 0.15) is 17.9 Å². The molecule has 5 aromatic rings. The summed E-state index contributed by atoms with van der Waals surface area (Å²) in [5, 5.41) is 12.0. The summed E-state index contributed by atoms with van der Waals surface area (Å²) in [5.41, 5.74) is 10.3. The third kappa shape index (κ3) is 3.52. The van der Waals surface area contributed by atoms with E-state index in [4.69, 9.17) is 10.2 Å². The second-order valence-electron chi connectivity index (χ2n) is 6.60. The highest BCUT2D eigenvalue weighted by Gasteiger charge is 2.17. The summed E-state index contributed by atoms with van der Waals surface area (Å²) in [6.45, 7) is 0.558. The monoisotopic (exact) mass is 424 g/mol. The van der Waals surface area contributed by atoms with E-state index in [0.717, 1.165) is 26.9 Å². The first kappa shape index (κ1) is 18.4. The van der Waals surface area contributed by atoms with E-state index in [1.54, 1.807) is 12.1 Å². The molecule has 0 aliphatic heterocycles. The van der Waals surface area contributed by atoms with Crippen LogP contribution >= 0.6 is 11.3 Å². The fourth-order valence-electron chi connectivity index (χ4n) is 3.10. The van der Waals surface area contributed by atoms with Crippen LogP contribution in [0.5, 0.6) is 0 Å². The van der Waals surface area contributed by atoms with Crippen molar-refractivity contribution in [2.45, 2.75) is 13.0 Å². The number of thiazole rings is 1. The molecule has 0 spiro atoms. The van der Waals surface area contributed by atoms with Crippen LogP contribution < -0.4 is 5.73 Å². The summed E-state index contributed by atoms with van der Waals surface area (Å²) in [4.78, 5) is 4.27. The van der Waals surface area contributed by atoms with Crippen LogP contribution in [-0.2, 0) is 6.54 Å². The molecule has 0 amide bonds. The average Bonchev–Trinajstić information content (AvgIpc) is 3.47. The number of nitrogens with zero attached hydrogens (tertiary/aromatic N) is 5. The Bertz CT molecular complexity index is 1320. The molecule has 150 valence electrons. The smallest absolute Gasteiger partial charge is 0.314 e. The number of rotatable bonds is 5. The average molecular weight is 424 g/mol. The summed E-state index contributed by atoms with van der Waals surface area (Å²) in [6.07, 6.45) is 0.991. The van der Waals surface area contributed by atoms with Gasteiger partial charge in [-0.25, -0.2) is 4.98 Å². The molecule has 5 rings (SSSR count). The highest BCUT2D eigenvalue weighted by molar-refractivity contribution is 7.22. The van der Waals surface area contributed by atoms with Gasteiger partial charge in [-0.05, 0) is 35.4 Å². The normalized spacial score (nSPS) is 11.6. The zero-order valence-electron chi connectivity index (χ0n) is 15.4. The van der Waals surface area contributed by atoms with E-state index in [-0.39, 0.29) is 5.89 Å². The summed E-state index contributed by atoms with van der Waals surface area (Å²) < 4.78 is 33.0. The number of nitrogens with two attached hydrogens (primary N) is 1. The molecule has 10 heteroatoms. The van der Waals surface area contributed by atoms with Gasteiger partial charge >= 0.3 is 6.43 Å². The van der Waals surface area contributed by atoms with Crippen LogP contribution in [-0.4, -0.2) is 25.0 Å². The van der Waals surface area contributed by atoms with Crippen molar-refractivity contribution in [1.82, 2.24) is 25.0 Å². The quantitative estimate of drug-likeness (QED) is 0.436. The molecule has 0 bridgehead atoms. The van der Waals surface area contributed by atoms with E-state index < -0.39 is 12.3 Å². The number of hydrogen-bond acceptors (Lipinski definition) is 7. The van der Waals surface area contributed by atoms with Crippen LogP contribution in [0.4, 0.5) is 13.9 Å². The van der Waals surface area contributed by atoms with Gasteiger partial charge in [0.2, 0.25) is 5.89 Å². The van der Waals surface area contributed by atoms with E-state index in [0.29, 0.717) is 17.2 Å². The molecule has 3 heterocycles. The van der Waals surface area contributed by atoms with E-state index in [9.17, 15) is 8.78 Å². The van der Waals surface area contributed by atoms with Crippen molar-refractivity contribution in [1.29, 1.82) is 0 Å². The molecule has 0 saturated carbocycles. The van der Waals surface area contributed by atoms with Gasteiger partial charge in [-0.3, -0.25) is 4.68 Å². The lowest BCUT2D eigenvalue weighted by Crippen LogP contribution is -1.99. The molecule has 0 radical (unpaired) electrons. The Labute approximate surface area is 172 Å². The molecule has 0 fully saturated rings. The van der Waals surface area contributed by atoms with Crippen molar-refractivity contribution >= 4 is 26.7 Å². The predicted octanol–water partition coefficient (Wildman–Crippen LogP) is 4.78. The van der Waals surface area contributed by atoms with Crippen LogP contribution in [0.3, 0.4) is 0 Å². The Morgan fingerprint density at radius 3 is 2.60 bits per heavy atom. The number of halogens is 2. The van der Waals surface area contributed by atoms with Gasteiger partial charge in [0.1, 0.15) is 0 Å². The van der Waals surface area contributed by atoms with E-state index >= 15 is 0 Å². The van der Waals surface area contributed by atoms with Gasteiger partial charge in [0.15, 0.2) is 5.13 Å². The third-order valence-corrected chi connectivity index (χ3v) is 5.39. The van der Waals surface area contributed by atoms with E-state index in [1.165, 1.54) is 11.3 Å². The van der Waals surface area contributed by atoms with Crippen molar-refractivity contribution < 1.29 is 13.2 Å². The van der Waals surface area contributed by atoms with E-state index in [2.05, 4.69) is 26.3 Å². The van der Waals surface area contributed by atoms with Gasteiger partial charge in [-0.2, -0.15) is 13.9 Å². The van der Waals surface area contributed by atoms with Crippen LogP contribution in [0, 0.1) is 0 Å². The summed E-state index contributed by atoms with van der Waals surface area (Å²) in [7, 11) is 0. The molecule has 0 aliphatic rings. The van der Waals surface area contributed by atoms with Crippen molar-refractivity contribution in [3.05, 3.63) is 66.3 Å². The molecule has 0 aliphatic carbocycles. The summed E-state index contributed by atoms with van der Waals surface area (Å²) in [6, 6.07) is 13.2. The van der Waals surface area contributed by atoms with Crippen molar-refractivity contribution in [3.63, 3.8) is 0 Å².